The van der Waals surface area contributed by atoms with Crippen molar-refractivity contribution in [2.45, 2.75) is 11.4 Å². The van der Waals surface area contributed by atoms with E-state index in [2.05, 4.69) is 15.1 Å². The highest BCUT2D eigenvalue weighted by atomic mass is 35.5. The molecule has 0 aliphatic rings. The number of carbonyl (C=O) groups excluding carboxylic acids is 2. The average Bonchev–Trinajstić information content (AvgIpc) is 3.34. The summed E-state index contributed by atoms with van der Waals surface area (Å²) in [5.74, 6) is -1.01. The zero-order valence-electron chi connectivity index (χ0n) is 16.7. The number of sulfonamides is 1. The zero-order chi connectivity index (χ0) is 22.6. The fourth-order valence-corrected chi connectivity index (χ4v) is 3.73. The zero-order valence-corrected chi connectivity index (χ0v) is 18.3. The van der Waals surface area contributed by atoms with Crippen LogP contribution in [0.3, 0.4) is 0 Å². The topological polar surface area (TPSA) is 124 Å². The van der Waals surface area contributed by atoms with Crippen molar-refractivity contribution < 1.29 is 22.7 Å². The molecular formula is C19H20ClN5O5S. The number of hydrogen-bond acceptors (Lipinski definition) is 6. The maximum atomic E-state index is 12.3. The molecule has 0 atom stereocenters. The van der Waals surface area contributed by atoms with E-state index in [0.717, 1.165) is 5.56 Å². The molecule has 0 aliphatic carbocycles. The summed E-state index contributed by atoms with van der Waals surface area (Å²) in [5.41, 5.74) is 0.816. The summed E-state index contributed by atoms with van der Waals surface area (Å²) in [4.78, 5) is 24.4. The molecule has 1 aromatic carbocycles. The first-order valence-electron chi connectivity index (χ1n) is 9.03. The third-order valence-electron chi connectivity index (χ3n) is 4.36. The van der Waals surface area contributed by atoms with Gasteiger partial charge in [-0.2, -0.15) is 5.10 Å². The van der Waals surface area contributed by atoms with Gasteiger partial charge in [-0.15, -0.1) is 0 Å². The van der Waals surface area contributed by atoms with Gasteiger partial charge >= 0.3 is 5.97 Å². The monoisotopic (exact) mass is 465 g/mol. The molecule has 2 heterocycles. The third kappa shape index (κ3) is 5.32. The van der Waals surface area contributed by atoms with Crippen molar-refractivity contribution in [2.75, 3.05) is 19.0 Å². The molecule has 3 rings (SSSR count). The largest absolute Gasteiger partial charge is 0.451 e. The van der Waals surface area contributed by atoms with Crippen LogP contribution in [0.1, 0.15) is 16.1 Å². The molecule has 0 fully saturated rings. The minimum Gasteiger partial charge on any atom is -0.451 e. The number of aromatic nitrogens is 3. The van der Waals surface area contributed by atoms with Crippen LogP contribution in [0.25, 0.3) is 0 Å². The van der Waals surface area contributed by atoms with Crippen LogP contribution in [0, 0.1) is 0 Å². The van der Waals surface area contributed by atoms with E-state index in [1.54, 1.807) is 16.8 Å². The third-order valence-corrected chi connectivity index (χ3v) is 6.11. The number of halogens is 1. The van der Waals surface area contributed by atoms with Crippen molar-refractivity contribution in [1.82, 2.24) is 19.1 Å². The molecule has 2 aromatic heterocycles. The lowest BCUT2D eigenvalue weighted by Gasteiger charge is -2.10. The van der Waals surface area contributed by atoms with E-state index >= 15 is 0 Å². The first-order valence-corrected chi connectivity index (χ1v) is 10.9. The van der Waals surface area contributed by atoms with Gasteiger partial charge in [0.2, 0.25) is 10.0 Å². The molecule has 1 amide bonds. The molecule has 0 saturated carbocycles. The summed E-state index contributed by atoms with van der Waals surface area (Å²) in [5, 5.41) is 7.36. The van der Waals surface area contributed by atoms with Gasteiger partial charge in [-0.1, -0.05) is 29.8 Å². The Balaban J connectivity index is 1.61. The van der Waals surface area contributed by atoms with Crippen LogP contribution in [-0.2, 0) is 33.1 Å². The predicted molar refractivity (Wildman–Crippen MR) is 113 cm³/mol. The van der Waals surface area contributed by atoms with Crippen LogP contribution in [0.2, 0.25) is 5.02 Å². The van der Waals surface area contributed by atoms with E-state index in [4.69, 9.17) is 16.3 Å². The normalized spacial score (nSPS) is 11.3. The molecule has 0 spiro atoms. The molecular weight excluding hydrogens is 446 g/mol. The number of esters is 1. The number of ether oxygens (including phenoxy) is 1. The standard InChI is InChI=1S/C19H20ClN5O5S/c1-21-31(28,29)14-9-16(24(2)11-14)19(27)30-12-18(26)23-17-7-8-22-25(17)10-13-5-3-4-6-15(13)20/h3-9,11,21H,10,12H2,1-2H3,(H,23,26). The van der Waals surface area contributed by atoms with Crippen LogP contribution in [0.15, 0.2) is 53.7 Å². The smallest absolute Gasteiger partial charge is 0.355 e. The van der Waals surface area contributed by atoms with Crippen molar-refractivity contribution in [3.8, 4) is 0 Å². The summed E-state index contributed by atoms with van der Waals surface area (Å²) < 4.78 is 33.8. The minimum atomic E-state index is -3.71. The van der Waals surface area contributed by atoms with Crippen LogP contribution >= 0.6 is 11.6 Å². The highest BCUT2D eigenvalue weighted by molar-refractivity contribution is 7.89. The second-order valence-electron chi connectivity index (χ2n) is 6.47. The van der Waals surface area contributed by atoms with Gasteiger partial charge in [0.15, 0.2) is 6.61 Å². The molecule has 31 heavy (non-hydrogen) atoms. The summed E-state index contributed by atoms with van der Waals surface area (Å²) in [6.07, 6.45) is 2.79. The molecule has 3 aromatic rings. The van der Waals surface area contributed by atoms with Crippen molar-refractivity contribution in [3.63, 3.8) is 0 Å². The molecule has 0 aliphatic heterocycles. The van der Waals surface area contributed by atoms with Crippen LogP contribution in [-0.4, -0.2) is 48.3 Å². The summed E-state index contributed by atoms with van der Waals surface area (Å²) in [6, 6.07) is 10.0. The number of benzene rings is 1. The lowest BCUT2D eigenvalue weighted by Crippen LogP contribution is -2.23. The molecule has 0 unspecified atom stereocenters. The van der Waals surface area contributed by atoms with Gasteiger partial charge < -0.3 is 14.6 Å². The fourth-order valence-electron chi connectivity index (χ4n) is 2.74. The number of nitrogens with zero attached hydrogens (tertiary/aromatic N) is 3. The quantitative estimate of drug-likeness (QED) is 0.487. The first kappa shape index (κ1) is 22.5. The molecule has 164 valence electrons. The van der Waals surface area contributed by atoms with Crippen molar-refractivity contribution >= 4 is 39.3 Å². The SMILES string of the molecule is CNS(=O)(=O)c1cc(C(=O)OCC(=O)Nc2ccnn2Cc2ccccc2Cl)n(C)c1. The number of amides is 1. The van der Waals surface area contributed by atoms with E-state index in [9.17, 15) is 18.0 Å². The Morgan fingerprint density at radius 1 is 1.23 bits per heavy atom. The lowest BCUT2D eigenvalue weighted by atomic mass is 10.2. The van der Waals surface area contributed by atoms with E-state index in [1.807, 2.05) is 18.2 Å². The van der Waals surface area contributed by atoms with Crippen molar-refractivity contribution in [1.29, 1.82) is 0 Å². The van der Waals surface area contributed by atoms with Crippen LogP contribution in [0.4, 0.5) is 5.82 Å². The van der Waals surface area contributed by atoms with Gasteiger partial charge in [-0.05, 0) is 24.7 Å². The minimum absolute atomic E-state index is 0.00890. The first-order chi connectivity index (χ1) is 14.7. The fraction of sp³-hybridized carbons (Fsp3) is 0.211. The lowest BCUT2D eigenvalue weighted by molar-refractivity contribution is -0.119. The van der Waals surface area contributed by atoms with Crippen LogP contribution in [0.5, 0.6) is 0 Å². The predicted octanol–water partition coefficient (Wildman–Crippen LogP) is 1.63. The number of anilines is 1. The Hall–Kier alpha value is -3.15. The van der Waals surface area contributed by atoms with Gasteiger partial charge in [0.1, 0.15) is 16.4 Å². The maximum Gasteiger partial charge on any atom is 0.355 e. The maximum absolute atomic E-state index is 12.3. The van der Waals surface area contributed by atoms with Gasteiger partial charge in [0.25, 0.3) is 5.91 Å². The van der Waals surface area contributed by atoms with E-state index in [0.29, 0.717) is 17.4 Å². The molecule has 0 bridgehead atoms. The molecule has 0 radical (unpaired) electrons. The second kappa shape index (κ2) is 9.33. The van der Waals surface area contributed by atoms with Crippen molar-refractivity contribution in [2.24, 2.45) is 7.05 Å². The highest BCUT2D eigenvalue weighted by Gasteiger charge is 2.21. The van der Waals surface area contributed by atoms with Gasteiger partial charge in [-0.3, -0.25) is 4.79 Å². The van der Waals surface area contributed by atoms with E-state index in [1.165, 1.54) is 37.1 Å². The Kier molecular flexibility index (Phi) is 6.78. The summed E-state index contributed by atoms with van der Waals surface area (Å²) in [7, 11) is -0.946. The Morgan fingerprint density at radius 2 is 1.97 bits per heavy atom. The number of rotatable bonds is 8. The number of carbonyl (C=O) groups is 2. The second-order valence-corrected chi connectivity index (χ2v) is 8.76. The van der Waals surface area contributed by atoms with Crippen LogP contribution < -0.4 is 10.0 Å². The number of aryl methyl sites for hydroxylation is 1. The summed E-state index contributed by atoms with van der Waals surface area (Å²) in [6.45, 7) is -0.219. The molecule has 0 saturated heterocycles. The molecule has 10 nitrogen and oxygen atoms in total. The number of hydrogen-bond donors (Lipinski definition) is 2. The van der Waals surface area contributed by atoms with Gasteiger partial charge in [0.05, 0.1) is 12.7 Å². The Morgan fingerprint density at radius 3 is 2.68 bits per heavy atom. The van der Waals surface area contributed by atoms with E-state index in [-0.39, 0.29) is 10.6 Å². The molecule has 2 N–H and O–H groups in total. The Labute approximate surface area is 183 Å². The highest BCUT2D eigenvalue weighted by Crippen LogP contribution is 2.18. The van der Waals surface area contributed by atoms with Gasteiger partial charge in [-0.25, -0.2) is 22.6 Å². The summed E-state index contributed by atoms with van der Waals surface area (Å²) >= 11 is 6.16. The van der Waals surface area contributed by atoms with Crippen molar-refractivity contribution in [3.05, 3.63) is 65.1 Å². The average molecular weight is 466 g/mol. The number of nitrogens with one attached hydrogen (secondary N) is 2. The van der Waals surface area contributed by atoms with E-state index < -0.39 is 28.5 Å². The van der Waals surface area contributed by atoms with Gasteiger partial charge in [0, 0.05) is 24.3 Å². The Bertz CT molecular complexity index is 1220. The molecule has 12 heteroatoms.